The summed E-state index contributed by atoms with van der Waals surface area (Å²) >= 11 is 7.55. The fraction of sp³-hybridized carbons (Fsp3) is 0.273. The number of hydrogen-bond donors (Lipinski definition) is 1. The van der Waals surface area contributed by atoms with E-state index in [-0.39, 0.29) is 16.2 Å². The topological polar surface area (TPSA) is 88.6 Å². The van der Waals surface area contributed by atoms with Gasteiger partial charge in [-0.15, -0.1) is 11.3 Å². The van der Waals surface area contributed by atoms with Gasteiger partial charge in [-0.2, -0.15) is 4.31 Å². The highest BCUT2D eigenvalue weighted by atomic mass is 35.5. The summed E-state index contributed by atoms with van der Waals surface area (Å²) in [6, 6.07) is 11.9. The SMILES string of the molecule is CCN(CC)S(=O)(=O)c1cc(C(=O)Nc2ncc(Cc3ccccc3Cl)s2)ccc1OC. The fourth-order valence-electron chi connectivity index (χ4n) is 3.17. The van der Waals surface area contributed by atoms with E-state index in [1.165, 1.54) is 41.0 Å². The molecular formula is C22H24ClN3O4S2. The Hall–Kier alpha value is -2.46. The molecule has 7 nitrogen and oxygen atoms in total. The van der Waals surface area contributed by atoms with Crippen molar-refractivity contribution in [2.24, 2.45) is 0 Å². The smallest absolute Gasteiger partial charge is 0.257 e. The van der Waals surface area contributed by atoms with E-state index in [4.69, 9.17) is 16.3 Å². The highest BCUT2D eigenvalue weighted by Crippen LogP contribution is 2.29. The summed E-state index contributed by atoms with van der Waals surface area (Å²) in [5.41, 5.74) is 1.16. The van der Waals surface area contributed by atoms with Crippen LogP contribution in [0.4, 0.5) is 5.13 Å². The van der Waals surface area contributed by atoms with Crippen molar-refractivity contribution in [3.8, 4) is 5.75 Å². The van der Waals surface area contributed by atoms with Crippen LogP contribution >= 0.6 is 22.9 Å². The molecular weight excluding hydrogens is 470 g/mol. The van der Waals surface area contributed by atoms with Crippen LogP contribution in [0.2, 0.25) is 5.02 Å². The maximum atomic E-state index is 13.0. The first-order valence-electron chi connectivity index (χ1n) is 9.97. The number of thiazole rings is 1. The number of carbonyl (C=O) groups excluding carboxylic acids is 1. The van der Waals surface area contributed by atoms with E-state index < -0.39 is 15.9 Å². The van der Waals surface area contributed by atoms with E-state index in [1.807, 2.05) is 24.3 Å². The van der Waals surface area contributed by atoms with Crippen molar-refractivity contribution in [1.29, 1.82) is 0 Å². The Morgan fingerprint density at radius 1 is 1.19 bits per heavy atom. The van der Waals surface area contributed by atoms with Crippen LogP contribution in [-0.2, 0) is 16.4 Å². The Morgan fingerprint density at radius 2 is 1.91 bits per heavy atom. The fourth-order valence-corrected chi connectivity index (χ4v) is 5.84. The van der Waals surface area contributed by atoms with Crippen LogP contribution in [-0.4, -0.2) is 43.8 Å². The van der Waals surface area contributed by atoms with Crippen LogP contribution in [0.25, 0.3) is 0 Å². The zero-order valence-electron chi connectivity index (χ0n) is 18.0. The molecule has 0 unspecified atom stereocenters. The van der Waals surface area contributed by atoms with Gasteiger partial charge < -0.3 is 4.74 Å². The summed E-state index contributed by atoms with van der Waals surface area (Å²) in [7, 11) is -2.41. The van der Waals surface area contributed by atoms with Gasteiger partial charge in [0.05, 0.1) is 7.11 Å². The average Bonchev–Trinajstić information content (AvgIpc) is 3.22. The van der Waals surface area contributed by atoms with E-state index in [2.05, 4.69) is 10.3 Å². The second-order valence-corrected chi connectivity index (χ2v) is 10.2. The van der Waals surface area contributed by atoms with Crippen LogP contribution in [0.5, 0.6) is 5.75 Å². The number of rotatable bonds is 9. The number of halogens is 1. The molecule has 10 heteroatoms. The lowest BCUT2D eigenvalue weighted by Crippen LogP contribution is -2.31. The third-order valence-electron chi connectivity index (χ3n) is 4.85. The molecule has 0 saturated heterocycles. The van der Waals surface area contributed by atoms with Gasteiger partial charge in [0.15, 0.2) is 5.13 Å². The van der Waals surface area contributed by atoms with Gasteiger partial charge in [-0.3, -0.25) is 10.1 Å². The average molecular weight is 494 g/mol. The van der Waals surface area contributed by atoms with Crippen molar-refractivity contribution < 1.29 is 17.9 Å². The van der Waals surface area contributed by atoms with Crippen LogP contribution < -0.4 is 10.1 Å². The third-order valence-corrected chi connectivity index (χ3v) is 8.20. The maximum Gasteiger partial charge on any atom is 0.257 e. The molecule has 1 heterocycles. The van der Waals surface area contributed by atoms with Crippen molar-refractivity contribution >= 4 is 44.0 Å². The predicted molar refractivity (Wildman–Crippen MR) is 127 cm³/mol. The highest BCUT2D eigenvalue weighted by Gasteiger charge is 2.27. The lowest BCUT2D eigenvalue weighted by molar-refractivity contribution is 0.102. The van der Waals surface area contributed by atoms with Gasteiger partial charge in [-0.1, -0.05) is 43.6 Å². The monoisotopic (exact) mass is 493 g/mol. The second-order valence-electron chi connectivity index (χ2n) is 6.81. The Balaban J connectivity index is 1.82. The van der Waals surface area contributed by atoms with Gasteiger partial charge in [-0.25, -0.2) is 13.4 Å². The van der Waals surface area contributed by atoms with Gasteiger partial charge in [0.1, 0.15) is 10.6 Å². The summed E-state index contributed by atoms with van der Waals surface area (Å²) in [5.74, 6) is -0.271. The lowest BCUT2D eigenvalue weighted by atomic mass is 10.1. The van der Waals surface area contributed by atoms with E-state index in [1.54, 1.807) is 20.0 Å². The van der Waals surface area contributed by atoms with E-state index >= 15 is 0 Å². The molecule has 170 valence electrons. The molecule has 2 aromatic carbocycles. The van der Waals surface area contributed by atoms with Crippen LogP contribution in [0.15, 0.2) is 53.6 Å². The minimum absolute atomic E-state index is 0.0464. The van der Waals surface area contributed by atoms with Crippen molar-refractivity contribution in [3.63, 3.8) is 0 Å². The molecule has 3 rings (SSSR count). The van der Waals surface area contributed by atoms with Gasteiger partial charge >= 0.3 is 0 Å². The molecule has 0 spiro atoms. The summed E-state index contributed by atoms with van der Waals surface area (Å²) in [4.78, 5) is 18.0. The molecule has 32 heavy (non-hydrogen) atoms. The number of ether oxygens (including phenoxy) is 1. The molecule has 0 radical (unpaired) electrons. The van der Waals surface area contributed by atoms with Crippen molar-refractivity contribution in [2.75, 3.05) is 25.5 Å². The largest absolute Gasteiger partial charge is 0.495 e. The van der Waals surface area contributed by atoms with Gasteiger partial charge in [0.25, 0.3) is 5.91 Å². The molecule has 0 atom stereocenters. The molecule has 0 fully saturated rings. The third kappa shape index (κ3) is 5.29. The number of sulfonamides is 1. The second kappa shape index (κ2) is 10.4. The quantitative estimate of drug-likeness (QED) is 0.467. The van der Waals surface area contributed by atoms with Crippen molar-refractivity contribution in [2.45, 2.75) is 25.2 Å². The molecule has 0 aliphatic rings. The molecule has 0 saturated carbocycles. The highest BCUT2D eigenvalue weighted by molar-refractivity contribution is 7.89. The Bertz CT molecular complexity index is 1210. The zero-order valence-corrected chi connectivity index (χ0v) is 20.4. The predicted octanol–water partition coefficient (Wildman–Crippen LogP) is 4.68. The maximum absolute atomic E-state index is 13.0. The molecule has 0 bridgehead atoms. The van der Waals surface area contributed by atoms with Crippen molar-refractivity contribution in [3.05, 3.63) is 69.7 Å². The number of hydrogen-bond acceptors (Lipinski definition) is 6. The molecule has 1 N–H and O–H groups in total. The lowest BCUT2D eigenvalue weighted by Gasteiger charge is -2.20. The number of methoxy groups -OCH3 is 1. The zero-order chi connectivity index (χ0) is 23.3. The number of benzene rings is 2. The standard InChI is InChI=1S/C22H24ClN3O4S2/c1-4-26(5-2)32(28,29)20-13-16(10-11-19(20)30-3)21(27)25-22-24-14-17(31-22)12-15-8-6-7-9-18(15)23/h6-11,13-14H,4-5,12H2,1-3H3,(H,24,25,27). The number of nitrogens with one attached hydrogen (secondary N) is 1. The van der Waals surface area contributed by atoms with E-state index in [9.17, 15) is 13.2 Å². The number of carbonyl (C=O) groups is 1. The summed E-state index contributed by atoms with van der Waals surface area (Å²) in [5, 5.41) is 3.83. The minimum atomic E-state index is -3.80. The molecule has 0 aliphatic heterocycles. The summed E-state index contributed by atoms with van der Waals surface area (Å²) in [6.45, 7) is 4.14. The summed E-state index contributed by atoms with van der Waals surface area (Å²) in [6.07, 6.45) is 2.29. The number of nitrogens with zero attached hydrogens (tertiary/aromatic N) is 2. The Labute approximate surface area is 197 Å². The van der Waals surface area contributed by atoms with Crippen molar-refractivity contribution in [1.82, 2.24) is 9.29 Å². The Kier molecular flexibility index (Phi) is 7.89. The first-order chi connectivity index (χ1) is 15.3. The first kappa shape index (κ1) is 24.2. The van der Waals surface area contributed by atoms with Gasteiger partial charge in [0, 0.05) is 41.2 Å². The van der Waals surface area contributed by atoms with E-state index in [0.29, 0.717) is 29.7 Å². The molecule has 0 aliphatic carbocycles. The number of anilines is 1. The van der Waals surface area contributed by atoms with Gasteiger partial charge in [-0.05, 0) is 29.8 Å². The van der Waals surface area contributed by atoms with E-state index in [0.717, 1.165) is 10.4 Å². The molecule has 1 amide bonds. The summed E-state index contributed by atoms with van der Waals surface area (Å²) < 4.78 is 32.6. The van der Waals surface area contributed by atoms with Crippen LogP contribution in [0.1, 0.15) is 34.6 Å². The number of amides is 1. The normalized spacial score (nSPS) is 11.5. The molecule has 1 aromatic heterocycles. The Morgan fingerprint density at radius 3 is 2.56 bits per heavy atom. The number of aromatic nitrogens is 1. The van der Waals surface area contributed by atoms with Crippen LogP contribution in [0, 0.1) is 0 Å². The van der Waals surface area contributed by atoms with Crippen LogP contribution in [0.3, 0.4) is 0 Å². The minimum Gasteiger partial charge on any atom is -0.495 e. The van der Waals surface area contributed by atoms with Gasteiger partial charge in [0.2, 0.25) is 10.0 Å². The molecule has 3 aromatic rings. The first-order valence-corrected chi connectivity index (χ1v) is 12.6.